The normalized spacial score (nSPS) is 19.4. The molecule has 3 aromatic rings. The van der Waals surface area contributed by atoms with Gasteiger partial charge in [-0.1, -0.05) is 47.5 Å². The fourth-order valence-electron chi connectivity index (χ4n) is 4.73. The smallest absolute Gasteiger partial charge is 0.300 e. The lowest BCUT2D eigenvalue weighted by molar-refractivity contribution is -0.132. The number of fused-ring (bicyclic) bond motifs is 1. The van der Waals surface area contributed by atoms with E-state index in [-0.39, 0.29) is 16.4 Å². The van der Waals surface area contributed by atoms with E-state index in [0.29, 0.717) is 21.8 Å². The number of aryl methyl sites for hydroxylation is 2. The third-order valence-corrected chi connectivity index (χ3v) is 7.17. The van der Waals surface area contributed by atoms with Gasteiger partial charge in [-0.3, -0.25) is 14.5 Å². The molecule has 7 heteroatoms. The Balaban J connectivity index is 1.70. The Morgan fingerprint density at radius 2 is 1.59 bits per heavy atom. The first-order valence-electron chi connectivity index (χ1n) is 11.0. The van der Waals surface area contributed by atoms with Gasteiger partial charge in [-0.2, -0.15) is 0 Å². The van der Waals surface area contributed by atoms with Crippen LogP contribution < -0.4 is 4.90 Å². The zero-order valence-corrected chi connectivity index (χ0v) is 19.5. The van der Waals surface area contributed by atoms with Crippen molar-refractivity contribution in [3.8, 4) is 0 Å². The minimum absolute atomic E-state index is 0.0570. The molecule has 0 radical (unpaired) electrons. The van der Waals surface area contributed by atoms with Crippen LogP contribution in [0.2, 0.25) is 10.0 Å². The van der Waals surface area contributed by atoms with Crippen LogP contribution in [0.1, 0.15) is 41.1 Å². The molecule has 1 aliphatic heterocycles. The van der Waals surface area contributed by atoms with Crippen LogP contribution in [0, 0.1) is 5.82 Å². The number of hydrogen-bond donors (Lipinski definition) is 1. The largest absolute Gasteiger partial charge is 0.507 e. The first-order valence-corrected chi connectivity index (χ1v) is 11.7. The second kappa shape index (κ2) is 8.90. The van der Waals surface area contributed by atoms with Crippen molar-refractivity contribution in [2.24, 2.45) is 0 Å². The maximum atomic E-state index is 13.7. The Labute approximate surface area is 206 Å². The van der Waals surface area contributed by atoms with Gasteiger partial charge < -0.3 is 5.11 Å². The van der Waals surface area contributed by atoms with Gasteiger partial charge in [0, 0.05) is 11.3 Å². The number of benzene rings is 3. The summed E-state index contributed by atoms with van der Waals surface area (Å²) in [4.78, 5) is 27.7. The maximum Gasteiger partial charge on any atom is 0.300 e. The molecule has 1 heterocycles. The summed E-state index contributed by atoms with van der Waals surface area (Å²) in [6, 6.07) is 14.8. The molecule has 34 heavy (non-hydrogen) atoms. The van der Waals surface area contributed by atoms with Gasteiger partial charge in [0.1, 0.15) is 11.6 Å². The van der Waals surface area contributed by atoms with Crippen molar-refractivity contribution < 1.29 is 19.1 Å². The standard InChI is InChI=1S/C27H20Cl2FNO3/c28-21-12-11-20(14-22(21)29)31-24(16-7-9-19(30)10-8-16)23(26(33)27(31)34)25(32)18-6-5-15-3-1-2-4-17(15)13-18/h5-14,24,32H,1-4H2/b25-23-. The Hall–Kier alpha value is -3.15. The Bertz CT molecular complexity index is 1350. The van der Waals surface area contributed by atoms with E-state index in [0.717, 1.165) is 31.2 Å². The Morgan fingerprint density at radius 3 is 2.29 bits per heavy atom. The highest BCUT2D eigenvalue weighted by atomic mass is 35.5. The number of ketones is 1. The molecule has 1 saturated heterocycles. The van der Waals surface area contributed by atoms with Crippen molar-refractivity contribution in [2.45, 2.75) is 31.7 Å². The minimum atomic E-state index is -0.964. The number of anilines is 1. The van der Waals surface area contributed by atoms with Crippen molar-refractivity contribution in [1.29, 1.82) is 0 Å². The van der Waals surface area contributed by atoms with Gasteiger partial charge in [0.2, 0.25) is 0 Å². The lowest BCUT2D eigenvalue weighted by Crippen LogP contribution is -2.29. The molecule has 1 N–H and O–H groups in total. The molecule has 5 rings (SSSR count). The first kappa shape index (κ1) is 22.6. The topological polar surface area (TPSA) is 57.6 Å². The van der Waals surface area contributed by atoms with E-state index in [1.807, 2.05) is 12.1 Å². The van der Waals surface area contributed by atoms with Gasteiger partial charge in [0.25, 0.3) is 11.7 Å². The van der Waals surface area contributed by atoms with Gasteiger partial charge in [-0.05, 0) is 78.8 Å². The molecule has 2 aliphatic rings. The maximum absolute atomic E-state index is 13.7. The van der Waals surface area contributed by atoms with Crippen molar-refractivity contribution in [3.63, 3.8) is 0 Å². The van der Waals surface area contributed by atoms with Crippen LogP contribution in [-0.4, -0.2) is 16.8 Å². The monoisotopic (exact) mass is 495 g/mol. The van der Waals surface area contributed by atoms with Crippen LogP contribution in [-0.2, 0) is 22.4 Å². The number of rotatable bonds is 3. The fraction of sp³-hybridized carbons (Fsp3) is 0.185. The third-order valence-electron chi connectivity index (χ3n) is 6.43. The van der Waals surface area contributed by atoms with Gasteiger partial charge in [0.15, 0.2) is 0 Å². The number of aliphatic hydroxyl groups excluding tert-OH is 1. The fourth-order valence-corrected chi connectivity index (χ4v) is 5.02. The summed E-state index contributed by atoms with van der Waals surface area (Å²) in [7, 11) is 0. The molecule has 1 aliphatic carbocycles. The molecular formula is C27H20Cl2FNO3. The summed E-state index contributed by atoms with van der Waals surface area (Å²) in [5.74, 6) is -2.35. The number of aliphatic hydroxyl groups is 1. The number of carbonyl (C=O) groups is 2. The molecule has 0 aromatic heterocycles. The molecule has 172 valence electrons. The molecule has 4 nitrogen and oxygen atoms in total. The average molecular weight is 496 g/mol. The summed E-state index contributed by atoms with van der Waals surface area (Å²) < 4.78 is 13.7. The Kier molecular flexibility index (Phi) is 5.92. The van der Waals surface area contributed by atoms with E-state index >= 15 is 0 Å². The highest BCUT2D eigenvalue weighted by Crippen LogP contribution is 2.43. The molecule has 3 aromatic carbocycles. The second-order valence-corrected chi connectivity index (χ2v) is 9.32. The quantitative estimate of drug-likeness (QED) is 0.251. The van der Waals surface area contributed by atoms with Gasteiger partial charge in [-0.15, -0.1) is 0 Å². The van der Waals surface area contributed by atoms with E-state index in [2.05, 4.69) is 0 Å². The van der Waals surface area contributed by atoms with E-state index in [1.165, 1.54) is 46.9 Å². The highest BCUT2D eigenvalue weighted by Gasteiger charge is 2.47. The number of hydrogen-bond acceptors (Lipinski definition) is 3. The van der Waals surface area contributed by atoms with Gasteiger partial charge >= 0.3 is 0 Å². The SMILES string of the molecule is O=C1C(=O)N(c2ccc(Cl)c(Cl)c2)C(c2ccc(F)cc2)/C1=C(/O)c1ccc2c(c1)CCCC2. The van der Waals surface area contributed by atoms with Gasteiger partial charge in [0.05, 0.1) is 21.7 Å². The van der Waals surface area contributed by atoms with Crippen LogP contribution in [0.5, 0.6) is 0 Å². The zero-order chi connectivity index (χ0) is 24.0. The van der Waals surface area contributed by atoms with Crippen LogP contribution in [0.15, 0.2) is 66.2 Å². The van der Waals surface area contributed by atoms with Crippen LogP contribution in [0.25, 0.3) is 5.76 Å². The van der Waals surface area contributed by atoms with Crippen molar-refractivity contribution in [3.05, 3.63) is 104 Å². The third kappa shape index (κ3) is 3.89. The number of amides is 1. The number of nitrogens with zero attached hydrogens (tertiary/aromatic N) is 1. The Morgan fingerprint density at radius 1 is 0.882 bits per heavy atom. The number of halogens is 3. The summed E-state index contributed by atoms with van der Waals surface area (Å²) >= 11 is 12.2. The predicted octanol–water partition coefficient (Wildman–Crippen LogP) is 6.64. The van der Waals surface area contributed by atoms with Gasteiger partial charge in [-0.25, -0.2) is 4.39 Å². The van der Waals surface area contributed by atoms with E-state index in [9.17, 15) is 19.1 Å². The minimum Gasteiger partial charge on any atom is -0.507 e. The van der Waals surface area contributed by atoms with E-state index in [4.69, 9.17) is 23.2 Å². The summed E-state index contributed by atoms with van der Waals surface area (Å²) in [5, 5.41) is 11.8. The first-order chi connectivity index (χ1) is 16.3. The molecule has 1 atom stereocenters. The lowest BCUT2D eigenvalue weighted by Gasteiger charge is -2.26. The molecule has 0 bridgehead atoms. The van der Waals surface area contributed by atoms with Crippen molar-refractivity contribution in [1.82, 2.24) is 0 Å². The lowest BCUT2D eigenvalue weighted by atomic mass is 9.88. The van der Waals surface area contributed by atoms with E-state index in [1.54, 1.807) is 12.1 Å². The molecule has 1 fully saturated rings. The molecular weight excluding hydrogens is 476 g/mol. The average Bonchev–Trinajstić information content (AvgIpc) is 3.11. The van der Waals surface area contributed by atoms with E-state index < -0.39 is 23.5 Å². The summed E-state index contributed by atoms with van der Waals surface area (Å²) in [5.41, 5.74) is 3.60. The van der Waals surface area contributed by atoms with Crippen molar-refractivity contribution in [2.75, 3.05) is 4.90 Å². The van der Waals surface area contributed by atoms with Crippen LogP contribution in [0.3, 0.4) is 0 Å². The zero-order valence-electron chi connectivity index (χ0n) is 18.0. The summed E-state index contributed by atoms with van der Waals surface area (Å²) in [6.07, 6.45) is 4.06. The molecule has 0 spiro atoms. The molecule has 1 unspecified atom stereocenters. The number of carbonyl (C=O) groups excluding carboxylic acids is 2. The predicted molar refractivity (Wildman–Crippen MR) is 131 cm³/mol. The highest BCUT2D eigenvalue weighted by molar-refractivity contribution is 6.52. The molecule has 1 amide bonds. The van der Waals surface area contributed by atoms with Crippen LogP contribution >= 0.6 is 23.2 Å². The molecule has 0 saturated carbocycles. The van der Waals surface area contributed by atoms with Crippen LogP contribution in [0.4, 0.5) is 10.1 Å². The summed E-state index contributed by atoms with van der Waals surface area (Å²) in [6.45, 7) is 0. The second-order valence-electron chi connectivity index (χ2n) is 8.51. The number of Topliss-reactive ketones (excluding diaryl/α,β-unsaturated/α-hetero) is 1. The van der Waals surface area contributed by atoms with Crippen molar-refractivity contribution >= 4 is 46.3 Å².